The van der Waals surface area contributed by atoms with Crippen LogP contribution in [0.25, 0.3) is 16.9 Å². The molecule has 2 aromatic heterocycles. The highest BCUT2D eigenvalue weighted by Crippen LogP contribution is 2.44. The van der Waals surface area contributed by atoms with E-state index >= 15 is 0 Å². The van der Waals surface area contributed by atoms with E-state index < -0.39 is 0 Å². The molecule has 2 N–H and O–H groups in total. The van der Waals surface area contributed by atoms with Crippen molar-refractivity contribution in [3.63, 3.8) is 0 Å². The summed E-state index contributed by atoms with van der Waals surface area (Å²) < 4.78 is 6.81. The molecule has 0 spiro atoms. The molecule has 0 aliphatic heterocycles. The number of methoxy groups -OCH3 is 1. The number of benzene rings is 1. The fourth-order valence-corrected chi connectivity index (χ4v) is 4.21. The Labute approximate surface area is 178 Å². The van der Waals surface area contributed by atoms with E-state index in [1.165, 1.54) is 7.11 Å². The molecule has 3 aromatic rings. The highest BCUT2D eigenvalue weighted by Gasteiger charge is 2.35. The van der Waals surface area contributed by atoms with E-state index in [2.05, 4.69) is 15.4 Å². The molecule has 0 bridgehead atoms. The van der Waals surface area contributed by atoms with Gasteiger partial charge in [0.15, 0.2) is 5.82 Å². The number of ether oxygens (including phenoxy) is 1. The van der Waals surface area contributed by atoms with Gasteiger partial charge in [-0.05, 0) is 62.6 Å². The van der Waals surface area contributed by atoms with Crippen molar-refractivity contribution in [1.29, 1.82) is 0 Å². The van der Waals surface area contributed by atoms with Crippen LogP contribution in [0.3, 0.4) is 0 Å². The molecule has 1 unspecified atom stereocenters. The second kappa shape index (κ2) is 7.16. The lowest BCUT2D eigenvalue weighted by molar-refractivity contribution is 0.0935. The van der Waals surface area contributed by atoms with Crippen molar-refractivity contribution in [2.45, 2.75) is 44.6 Å². The predicted molar refractivity (Wildman–Crippen MR) is 114 cm³/mol. The van der Waals surface area contributed by atoms with Crippen LogP contribution < -0.4 is 15.6 Å². The number of hydrogen-bond donors (Lipinski definition) is 2. The number of fused-ring (bicyclic) bond motifs is 1. The Morgan fingerprint density at radius 2 is 2.10 bits per heavy atom. The van der Waals surface area contributed by atoms with Crippen LogP contribution in [0.2, 0.25) is 5.02 Å². The molecule has 8 heteroatoms. The predicted octanol–water partition coefficient (Wildman–Crippen LogP) is 3.76. The van der Waals surface area contributed by atoms with Crippen molar-refractivity contribution < 1.29 is 9.53 Å². The average molecular weight is 427 g/mol. The van der Waals surface area contributed by atoms with Gasteiger partial charge in [0.2, 0.25) is 0 Å². The highest BCUT2D eigenvalue weighted by molar-refractivity contribution is 6.32. The topological polar surface area (TPSA) is 88.5 Å². The monoisotopic (exact) mass is 426 g/mol. The van der Waals surface area contributed by atoms with E-state index in [0.717, 1.165) is 31.2 Å². The molecule has 5 rings (SSSR count). The summed E-state index contributed by atoms with van der Waals surface area (Å²) in [6.07, 6.45) is 5.96. The summed E-state index contributed by atoms with van der Waals surface area (Å²) in [7, 11) is 1.53. The van der Waals surface area contributed by atoms with Crippen LogP contribution in [0.1, 0.15) is 54.4 Å². The van der Waals surface area contributed by atoms with E-state index in [-0.39, 0.29) is 23.4 Å². The van der Waals surface area contributed by atoms with E-state index in [1.54, 1.807) is 28.9 Å². The Hall–Kier alpha value is -2.80. The third-order valence-electron chi connectivity index (χ3n) is 6.02. The number of carbonyl (C=O) groups is 1. The molecule has 1 amide bonds. The Kier molecular flexibility index (Phi) is 4.58. The maximum atomic E-state index is 13.0. The van der Waals surface area contributed by atoms with Crippen LogP contribution in [0.15, 0.2) is 29.2 Å². The summed E-state index contributed by atoms with van der Waals surface area (Å²) in [6, 6.07) is 5.33. The van der Waals surface area contributed by atoms with E-state index in [9.17, 15) is 9.59 Å². The fraction of sp³-hybridized carbons (Fsp3) is 0.409. The number of aromatic nitrogens is 3. The number of nitrogens with one attached hydrogen (secondary N) is 2. The van der Waals surface area contributed by atoms with Gasteiger partial charge in [0.05, 0.1) is 17.7 Å². The smallest absolute Gasteiger partial charge is 0.275 e. The maximum Gasteiger partial charge on any atom is 0.275 e. The molecule has 1 aromatic carbocycles. The molecule has 2 heterocycles. The van der Waals surface area contributed by atoms with E-state index in [4.69, 9.17) is 16.3 Å². The molecule has 30 heavy (non-hydrogen) atoms. The highest BCUT2D eigenvalue weighted by atomic mass is 35.5. The number of rotatable bonds is 6. The summed E-state index contributed by atoms with van der Waals surface area (Å²) in [4.78, 5) is 28.9. The number of amides is 1. The second-order valence-corrected chi connectivity index (χ2v) is 8.68. The van der Waals surface area contributed by atoms with Crippen LogP contribution in [-0.4, -0.2) is 33.7 Å². The molecule has 7 nitrogen and oxygen atoms in total. The van der Waals surface area contributed by atoms with Crippen LogP contribution >= 0.6 is 11.6 Å². The molecule has 1 atom stereocenters. The maximum absolute atomic E-state index is 13.0. The first-order valence-corrected chi connectivity index (χ1v) is 10.6. The minimum absolute atomic E-state index is 0.129. The van der Waals surface area contributed by atoms with Crippen LogP contribution in [0.4, 0.5) is 0 Å². The van der Waals surface area contributed by atoms with Gasteiger partial charge in [-0.1, -0.05) is 11.6 Å². The van der Waals surface area contributed by atoms with E-state index in [0.29, 0.717) is 39.2 Å². The van der Waals surface area contributed by atoms with Gasteiger partial charge in [-0.15, -0.1) is 5.10 Å². The first-order chi connectivity index (χ1) is 14.5. The summed E-state index contributed by atoms with van der Waals surface area (Å²) in [5.74, 6) is 1.55. The third-order valence-corrected chi connectivity index (χ3v) is 6.34. The van der Waals surface area contributed by atoms with Gasteiger partial charge in [-0.3, -0.25) is 9.59 Å². The average Bonchev–Trinajstić information content (AvgIpc) is 3.64. The molecule has 2 saturated carbocycles. The number of aromatic amines is 1. The molecule has 2 fully saturated rings. The summed E-state index contributed by atoms with van der Waals surface area (Å²) >= 11 is 6.11. The van der Waals surface area contributed by atoms with Gasteiger partial charge in [0, 0.05) is 23.4 Å². The first kappa shape index (κ1) is 19.2. The zero-order valence-electron chi connectivity index (χ0n) is 16.9. The van der Waals surface area contributed by atoms with Crippen molar-refractivity contribution in [1.82, 2.24) is 19.9 Å². The number of H-pyrrole nitrogens is 1. The molecule has 2 aliphatic rings. The Morgan fingerprint density at radius 1 is 1.33 bits per heavy atom. The van der Waals surface area contributed by atoms with Gasteiger partial charge < -0.3 is 15.0 Å². The SMILES string of the molecule is COc1cc(-c2nn3cc(C(=O)NC(C)C4CC4)c(C4CC4)c3c(=O)[nH]2)ccc1Cl. The summed E-state index contributed by atoms with van der Waals surface area (Å²) in [6.45, 7) is 2.04. The third kappa shape index (κ3) is 3.37. The lowest BCUT2D eigenvalue weighted by atomic mass is 10.1. The lowest BCUT2D eigenvalue weighted by Gasteiger charge is -2.12. The Balaban J connectivity index is 1.59. The Morgan fingerprint density at radius 3 is 2.77 bits per heavy atom. The van der Waals surface area contributed by atoms with Crippen molar-refractivity contribution in [3.8, 4) is 17.1 Å². The van der Waals surface area contributed by atoms with Crippen molar-refractivity contribution in [2.24, 2.45) is 5.92 Å². The van der Waals surface area contributed by atoms with Crippen LogP contribution in [0, 0.1) is 5.92 Å². The first-order valence-electron chi connectivity index (χ1n) is 10.3. The summed E-state index contributed by atoms with van der Waals surface area (Å²) in [5, 5.41) is 8.18. The van der Waals surface area contributed by atoms with Crippen molar-refractivity contribution >= 4 is 23.0 Å². The quantitative estimate of drug-likeness (QED) is 0.628. The van der Waals surface area contributed by atoms with Gasteiger partial charge in [0.25, 0.3) is 11.5 Å². The number of hydrogen-bond acceptors (Lipinski definition) is 4. The van der Waals surface area contributed by atoms with Crippen LogP contribution in [-0.2, 0) is 0 Å². The molecule has 2 aliphatic carbocycles. The van der Waals surface area contributed by atoms with Gasteiger partial charge in [-0.2, -0.15) is 0 Å². The fourth-order valence-electron chi connectivity index (χ4n) is 4.01. The van der Waals surface area contributed by atoms with Crippen LogP contribution in [0.5, 0.6) is 5.75 Å². The lowest BCUT2D eigenvalue weighted by Crippen LogP contribution is -2.34. The van der Waals surface area contributed by atoms with Gasteiger partial charge >= 0.3 is 0 Å². The standard InChI is InChI=1S/C22H23ClN4O3/c1-11(12-3-4-12)24-21(28)15-10-27-19(18(15)13-5-6-13)22(29)25-20(26-27)14-7-8-16(23)17(9-14)30-2/h7-13H,3-6H2,1-2H3,(H,24,28)(H,25,26,29). The minimum Gasteiger partial charge on any atom is -0.495 e. The second-order valence-electron chi connectivity index (χ2n) is 8.28. The normalized spacial score (nSPS) is 17.2. The molecule has 0 saturated heterocycles. The zero-order valence-corrected chi connectivity index (χ0v) is 17.6. The summed E-state index contributed by atoms with van der Waals surface area (Å²) in [5.41, 5.74) is 2.22. The largest absolute Gasteiger partial charge is 0.495 e. The molecule has 156 valence electrons. The number of nitrogens with zero attached hydrogens (tertiary/aromatic N) is 2. The van der Waals surface area contributed by atoms with Crippen molar-refractivity contribution in [2.75, 3.05) is 7.11 Å². The van der Waals surface area contributed by atoms with E-state index in [1.807, 2.05) is 6.92 Å². The molecular weight excluding hydrogens is 404 g/mol. The minimum atomic E-state index is -0.259. The number of carbonyl (C=O) groups excluding carboxylic acids is 1. The molecular formula is C22H23ClN4O3. The Bertz CT molecular complexity index is 1210. The van der Waals surface area contributed by atoms with Crippen molar-refractivity contribution in [3.05, 3.63) is 50.9 Å². The van der Waals surface area contributed by atoms with Gasteiger partial charge in [-0.25, -0.2) is 4.52 Å². The zero-order chi connectivity index (χ0) is 21.0. The molecule has 0 radical (unpaired) electrons. The number of halogens is 1. The van der Waals surface area contributed by atoms with Gasteiger partial charge in [0.1, 0.15) is 11.3 Å².